The first kappa shape index (κ1) is 13.2. The van der Waals surface area contributed by atoms with Crippen molar-refractivity contribution in [2.45, 2.75) is 18.9 Å². The molecule has 1 unspecified atom stereocenters. The molecule has 0 radical (unpaired) electrons. The van der Waals surface area contributed by atoms with E-state index in [2.05, 4.69) is 0 Å². The van der Waals surface area contributed by atoms with E-state index in [1.165, 1.54) is 12.1 Å². The summed E-state index contributed by atoms with van der Waals surface area (Å²) < 4.78 is 0. The Hall–Kier alpha value is -1.75. The van der Waals surface area contributed by atoms with E-state index in [4.69, 9.17) is 11.6 Å². The van der Waals surface area contributed by atoms with Crippen LogP contribution >= 0.6 is 11.6 Å². The number of phenolic OH excluding ortho intramolecular Hbond substituents is 1. The van der Waals surface area contributed by atoms with Crippen molar-refractivity contribution in [2.75, 3.05) is 19.6 Å². The highest BCUT2D eigenvalue weighted by atomic mass is 35.5. The van der Waals surface area contributed by atoms with Gasteiger partial charge in [-0.05, 0) is 24.6 Å². The van der Waals surface area contributed by atoms with Gasteiger partial charge in [-0.3, -0.25) is 9.59 Å². The zero-order valence-corrected chi connectivity index (χ0v) is 11.6. The molecule has 2 saturated heterocycles. The van der Waals surface area contributed by atoms with Crippen LogP contribution in [0.25, 0.3) is 0 Å². The van der Waals surface area contributed by atoms with Gasteiger partial charge in [-0.1, -0.05) is 11.6 Å². The van der Waals surface area contributed by atoms with E-state index in [1.54, 1.807) is 11.0 Å². The highest BCUT2D eigenvalue weighted by Gasteiger charge is 2.37. The van der Waals surface area contributed by atoms with Crippen LogP contribution in [0.5, 0.6) is 5.75 Å². The molecule has 1 atom stereocenters. The third-order valence-corrected chi connectivity index (χ3v) is 4.21. The fourth-order valence-electron chi connectivity index (χ4n) is 2.90. The molecule has 0 bridgehead atoms. The van der Waals surface area contributed by atoms with Crippen LogP contribution in [-0.4, -0.2) is 52.4 Å². The number of hydrogen-bond acceptors (Lipinski definition) is 3. The van der Waals surface area contributed by atoms with Gasteiger partial charge in [0, 0.05) is 37.1 Å². The van der Waals surface area contributed by atoms with E-state index >= 15 is 0 Å². The molecule has 0 saturated carbocycles. The molecule has 0 aliphatic carbocycles. The Morgan fingerprint density at radius 2 is 2.15 bits per heavy atom. The number of piperazine rings is 1. The summed E-state index contributed by atoms with van der Waals surface area (Å²) in [6.45, 7) is 1.61. The molecule has 2 amide bonds. The third kappa shape index (κ3) is 2.22. The van der Waals surface area contributed by atoms with E-state index in [0.717, 1.165) is 6.42 Å². The number of carbonyl (C=O) groups is 2. The lowest BCUT2D eigenvalue weighted by atomic mass is 10.1. The van der Waals surface area contributed by atoms with Gasteiger partial charge in [0.15, 0.2) is 0 Å². The highest BCUT2D eigenvalue weighted by Crippen LogP contribution is 2.27. The summed E-state index contributed by atoms with van der Waals surface area (Å²) in [5, 5.41) is 10.2. The van der Waals surface area contributed by atoms with Crippen molar-refractivity contribution in [3.63, 3.8) is 0 Å². The van der Waals surface area contributed by atoms with Crippen LogP contribution in [0.2, 0.25) is 5.02 Å². The SMILES string of the molecule is O=C(c1ccc(Cl)cc1O)N1CCN2C(=O)CCC2C1. The van der Waals surface area contributed by atoms with Gasteiger partial charge < -0.3 is 14.9 Å². The van der Waals surface area contributed by atoms with Gasteiger partial charge >= 0.3 is 0 Å². The average molecular weight is 295 g/mol. The van der Waals surface area contributed by atoms with Crippen LogP contribution in [-0.2, 0) is 4.79 Å². The number of amides is 2. The van der Waals surface area contributed by atoms with Gasteiger partial charge in [0.2, 0.25) is 5.91 Å². The van der Waals surface area contributed by atoms with E-state index in [0.29, 0.717) is 31.1 Å². The predicted molar refractivity (Wildman–Crippen MR) is 73.8 cm³/mol. The van der Waals surface area contributed by atoms with Gasteiger partial charge in [0.05, 0.1) is 5.56 Å². The second-order valence-corrected chi connectivity index (χ2v) is 5.63. The van der Waals surface area contributed by atoms with Crippen LogP contribution in [0.1, 0.15) is 23.2 Å². The lowest BCUT2D eigenvalue weighted by molar-refractivity contribution is -0.130. The standard InChI is InChI=1S/C14H15ClN2O3/c15-9-1-3-11(12(18)7-9)14(20)16-5-6-17-10(8-16)2-4-13(17)19/h1,3,7,10,18H,2,4-6,8H2. The number of carbonyl (C=O) groups excluding carboxylic acids is 2. The number of phenols is 1. The van der Waals surface area contributed by atoms with Crippen LogP contribution in [0.4, 0.5) is 0 Å². The molecule has 2 fully saturated rings. The van der Waals surface area contributed by atoms with Crippen LogP contribution < -0.4 is 0 Å². The van der Waals surface area contributed by atoms with Crippen molar-refractivity contribution in [2.24, 2.45) is 0 Å². The van der Waals surface area contributed by atoms with E-state index in [9.17, 15) is 14.7 Å². The molecule has 0 aromatic heterocycles. The number of benzene rings is 1. The molecule has 5 nitrogen and oxygen atoms in total. The van der Waals surface area contributed by atoms with Crippen molar-refractivity contribution in [1.82, 2.24) is 9.80 Å². The second-order valence-electron chi connectivity index (χ2n) is 5.19. The molecule has 2 aliphatic rings. The summed E-state index contributed by atoms with van der Waals surface area (Å²) in [5.74, 6) is -0.137. The maximum absolute atomic E-state index is 12.4. The molecule has 1 aromatic rings. The number of nitrogens with zero attached hydrogens (tertiary/aromatic N) is 2. The number of hydrogen-bond donors (Lipinski definition) is 1. The van der Waals surface area contributed by atoms with Crippen molar-refractivity contribution in [1.29, 1.82) is 0 Å². The van der Waals surface area contributed by atoms with Gasteiger partial charge in [-0.15, -0.1) is 0 Å². The lowest BCUT2D eigenvalue weighted by Crippen LogP contribution is -2.53. The molecule has 3 rings (SSSR count). The molecular formula is C14H15ClN2O3. The Balaban J connectivity index is 1.77. The minimum absolute atomic E-state index is 0.104. The normalized spacial score (nSPS) is 22.1. The Morgan fingerprint density at radius 3 is 2.90 bits per heavy atom. The van der Waals surface area contributed by atoms with Gasteiger partial charge in [0.1, 0.15) is 5.75 Å². The Morgan fingerprint density at radius 1 is 1.35 bits per heavy atom. The molecule has 0 spiro atoms. The first-order valence-corrected chi connectivity index (χ1v) is 7.01. The van der Waals surface area contributed by atoms with Crippen LogP contribution in [0, 0.1) is 0 Å². The highest BCUT2D eigenvalue weighted by molar-refractivity contribution is 6.30. The zero-order chi connectivity index (χ0) is 14.3. The topological polar surface area (TPSA) is 60.9 Å². The van der Waals surface area contributed by atoms with Crippen molar-refractivity contribution < 1.29 is 14.7 Å². The van der Waals surface area contributed by atoms with E-state index in [-0.39, 0.29) is 29.2 Å². The largest absolute Gasteiger partial charge is 0.507 e. The lowest BCUT2D eigenvalue weighted by Gasteiger charge is -2.37. The monoisotopic (exact) mass is 294 g/mol. The fourth-order valence-corrected chi connectivity index (χ4v) is 3.07. The number of fused-ring (bicyclic) bond motifs is 1. The summed E-state index contributed by atoms with van der Waals surface area (Å²) in [6, 6.07) is 4.61. The summed E-state index contributed by atoms with van der Waals surface area (Å²) in [7, 11) is 0. The third-order valence-electron chi connectivity index (χ3n) is 3.97. The fraction of sp³-hybridized carbons (Fsp3) is 0.429. The molecular weight excluding hydrogens is 280 g/mol. The Kier molecular flexibility index (Phi) is 3.30. The smallest absolute Gasteiger partial charge is 0.257 e. The summed E-state index contributed by atoms with van der Waals surface area (Å²) >= 11 is 5.77. The number of rotatable bonds is 1. The maximum atomic E-state index is 12.4. The Bertz CT molecular complexity index is 576. The summed E-state index contributed by atoms with van der Waals surface area (Å²) in [6.07, 6.45) is 1.37. The Labute approximate surface area is 121 Å². The number of halogens is 1. The molecule has 6 heteroatoms. The van der Waals surface area contributed by atoms with E-state index in [1.807, 2.05) is 4.90 Å². The molecule has 2 heterocycles. The first-order valence-electron chi connectivity index (χ1n) is 6.63. The molecule has 20 heavy (non-hydrogen) atoms. The zero-order valence-electron chi connectivity index (χ0n) is 10.9. The molecule has 2 aliphatic heterocycles. The van der Waals surface area contributed by atoms with Crippen LogP contribution in [0.15, 0.2) is 18.2 Å². The maximum Gasteiger partial charge on any atom is 0.257 e. The van der Waals surface area contributed by atoms with Crippen molar-refractivity contribution in [3.8, 4) is 5.75 Å². The molecule has 1 aromatic carbocycles. The average Bonchev–Trinajstić information content (AvgIpc) is 2.79. The quantitative estimate of drug-likeness (QED) is 0.854. The second kappa shape index (κ2) is 4.98. The van der Waals surface area contributed by atoms with E-state index < -0.39 is 0 Å². The summed E-state index contributed by atoms with van der Waals surface area (Å²) in [5.41, 5.74) is 0.257. The molecule has 1 N–H and O–H groups in total. The minimum Gasteiger partial charge on any atom is -0.507 e. The van der Waals surface area contributed by atoms with Crippen LogP contribution in [0.3, 0.4) is 0 Å². The van der Waals surface area contributed by atoms with Gasteiger partial charge in [-0.25, -0.2) is 0 Å². The molecule has 106 valence electrons. The number of aromatic hydroxyl groups is 1. The summed E-state index contributed by atoms with van der Waals surface area (Å²) in [4.78, 5) is 27.6. The van der Waals surface area contributed by atoms with Gasteiger partial charge in [-0.2, -0.15) is 0 Å². The minimum atomic E-state index is -0.210. The predicted octanol–water partition coefficient (Wildman–Crippen LogP) is 1.49. The van der Waals surface area contributed by atoms with Crippen molar-refractivity contribution >= 4 is 23.4 Å². The first-order chi connectivity index (χ1) is 9.56. The van der Waals surface area contributed by atoms with Crippen molar-refractivity contribution in [3.05, 3.63) is 28.8 Å². The van der Waals surface area contributed by atoms with Gasteiger partial charge in [0.25, 0.3) is 5.91 Å².